The molecule has 0 radical (unpaired) electrons. The molecule has 1 unspecified atom stereocenters. The molecule has 2 aromatic rings. The average Bonchev–Trinajstić information content (AvgIpc) is 2.56. The van der Waals surface area contributed by atoms with Crippen LogP contribution in [0.15, 0.2) is 53.0 Å². The van der Waals surface area contributed by atoms with Crippen LogP contribution < -0.4 is 4.74 Å². The maximum atomic E-state index is 5.96. The Balaban J connectivity index is 1.92. The van der Waals surface area contributed by atoms with Crippen molar-refractivity contribution in [1.82, 2.24) is 0 Å². The summed E-state index contributed by atoms with van der Waals surface area (Å²) < 4.78 is 7.06. The molecular formula is C20H25BrO. The zero-order valence-corrected chi connectivity index (χ0v) is 15.1. The topological polar surface area (TPSA) is 9.23 Å². The van der Waals surface area contributed by atoms with Crippen LogP contribution in [0.4, 0.5) is 0 Å². The third-order valence-corrected chi connectivity index (χ3v) is 4.59. The summed E-state index contributed by atoms with van der Waals surface area (Å²) in [4.78, 5) is 0. The van der Waals surface area contributed by atoms with E-state index in [1.165, 1.54) is 36.8 Å². The molecule has 2 aromatic carbocycles. The van der Waals surface area contributed by atoms with Gasteiger partial charge in [0.15, 0.2) is 0 Å². The van der Waals surface area contributed by atoms with Gasteiger partial charge in [0.2, 0.25) is 0 Å². The van der Waals surface area contributed by atoms with Gasteiger partial charge in [-0.2, -0.15) is 0 Å². The Kier molecular flexibility index (Phi) is 6.98. The first-order valence-electron chi connectivity index (χ1n) is 8.21. The molecule has 1 nitrogen and oxygen atoms in total. The summed E-state index contributed by atoms with van der Waals surface area (Å²) in [5.41, 5.74) is 2.45. The lowest BCUT2D eigenvalue weighted by molar-refractivity contribution is 0.233. The predicted octanol–water partition coefficient (Wildman–Crippen LogP) is 6.71. The Morgan fingerprint density at radius 3 is 2.05 bits per heavy atom. The van der Waals surface area contributed by atoms with Crippen LogP contribution in [0.3, 0.4) is 0 Å². The monoisotopic (exact) mass is 360 g/mol. The van der Waals surface area contributed by atoms with Crippen LogP contribution in [-0.4, -0.2) is 6.61 Å². The van der Waals surface area contributed by atoms with Gasteiger partial charge in [0.25, 0.3) is 0 Å². The molecule has 22 heavy (non-hydrogen) atoms. The van der Waals surface area contributed by atoms with E-state index in [1.807, 2.05) is 0 Å². The van der Waals surface area contributed by atoms with Crippen LogP contribution in [0.1, 0.15) is 39.5 Å². The van der Waals surface area contributed by atoms with E-state index in [0.717, 1.165) is 16.8 Å². The molecule has 0 aliphatic heterocycles. The van der Waals surface area contributed by atoms with Crippen LogP contribution in [0.2, 0.25) is 0 Å². The van der Waals surface area contributed by atoms with Crippen molar-refractivity contribution in [2.45, 2.75) is 39.5 Å². The third kappa shape index (κ3) is 5.17. The van der Waals surface area contributed by atoms with Crippen molar-refractivity contribution in [3.63, 3.8) is 0 Å². The molecule has 0 N–H and O–H groups in total. The highest BCUT2D eigenvalue weighted by atomic mass is 79.9. The van der Waals surface area contributed by atoms with Crippen molar-refractivity contribution in [2.24, 2.45) is 5.92 Å². The highest BCUT2D eigenvalue weighted by Crippen LogP contribution is 2.24. The summed E-state index contributed by atoms with van der Waals surface area (Å²) in [5.74, 6) is 1.64. The highest BCUT2D eigenvalue weighted by molar-refractivity contribution is 9.10. The molecule has 118 valence electrons. The molecule has 1 atom stereocenters. The maximum Gasteiger partial charge on any atom is 0.119 e. The van der Waals surface area contributed by atoms with Gasteiger partial charge in [0.1, 0.15) is 5.75 Å². The van der Waals surface area contributed by atoms with Crippen molar-refractivity contribution in [3.05, 3.63) is 53.0 Å². The van der Waals surface area contributed by atoms with E-state index in [9.17, 15) is 0 Å². The number of hydrogen-bond donors (Lipinski definition) is 0. The van der Waals surface area contributed by atoms with Crippen molar-refractivity contribution in [2.75, 3.05) is 6.61 Å². The minimum Gasteiger partial charge on any atom is -0.493 e. The Morgan fingerprint density at radius 2 is 1.50 bits per heavy atom. The van der Waals surface area contributed by atoms with Gasteiger partial charge in [-0.25, -0.2) is 0 Å². The predicted molar refractivity (Wildman–Crippen MR) is 98.4 cm³/mol. The van der Waals surface area contributed by atoms with E-state index < -0.39 is 0 Å². The second kappa shape index (κ2) is 8.99. The molecule has 0 amide bonds. The number of halogens is 1. The molecule has 0 fully saturated rings. The Hall–Kier alpha value is -1.28. The van der Waals surface area contributed by atoms with Gasteiger partial charge in [-0.3, -0.25) is 0 Å². The molecule has 0 heterocycles. The van der Waals surface area contributed by atoms with Crippen LogP contribution in [0.5, 0.6) is 5.75 Å². The zero-order valence-electron chi connectivity index (χ0n) is 13.5. The van der Waals surface area contributed by atoms with Gasteiger partial charge in [0, 0.05) is 4.47 Å². The second-order valence-electron chi connectivity index (χ2n) is 5.76. The first-order valence-corrected chi connectivity index (χ1v) is 9.01. The van der Waals surface area contributed by atoms with E-state index in [-0.39, 0.29) is 0 Å². The highest BCUT2D eigenvalue weighted by Gasteiger charge is 2.07. The summed E-state index contributed by atoms with van der Waals surface area (Å²) in [7, 11) is 0. The third-order valence-electron chi connectivity index (χ3n) is 4.06. The Bertz CT molecular complexity index is 545. The van der Waals surface area contributed by atoms with Crippen LogP contribution in [0.25, 0.3) is 11.1 Å². The first-order chi connectivity index (χ1) is 10.7. The lowest BCUT2D eigenvalue weighted by Gasteiger charge is -2.15. The maximum absolute atomic E-state index is 5.96. The molecule has 2 rings (SSSR count). The summed E-state index contributed by atoms with van der Waals surface area (Å²) >= 11 is 3.47. The molecule has 0 spiro atoms. The minimum absolute atomic E-state index is 0.672. The number of benzene rings is 2. The van der Waals surface area contributed by atoms with Crippen LogP contribution in [0, 0.1) is 5.92 Å². The standard InChI is InChI=1S/C20H25BrO/c1-3-5-6-16(4-2)15-22-20-13-9-18(10-14-20)17-7-11-19(21)12-8-17/h7-14,16H,3-6,15H2,1-2H3. The summed E-state index contributed by atoms with van der Waals surface area (Å²) in [5, 5.41) is 0. The number of ether oxygens (including phenoxy) is 1. The fourth-order valence-corrected chi connectivity index (χ4v) is 2.76. The summed E-state index contributed by atoms with van der Waals surface area (Å²) in [6.07, 6.45) is 5.02. The van der Waals surface area contributed by atoms with Gasteiger partial charge in [-0.1, -0.05) is 73.3 Å². The van der Waals surface area contributed by atoms with E-state index >= 15 is 0 Å². The number of unbranched alkanes of at least 4 members (excludes halogenated alkanes) is 1. The normalized spacial score (nSPS) is 12.1. The lowest BCUT2D eigenvalue weighted by Crippen LogP contribution is -2.11. The van der Waals surface area contributed by atoms with Crippen LogP contribution in [-0.2, 0) is 0 Å². The van der Waals surface area contributed by atoms with Gasteiger partial charge >= 0.3 is 0 Å². The van der Waals surface area contributed by atoms with Crippen LogP contribution >= 0.6 is 15.9 Å². The van der Waals surface area contributed by atoms with E-state index in [1.54, 1.807) is 0 Å². The average molecular weight is 361 g/mol. The van der Waals surface area contributed by atoms with E-state index in [2.05, 4.69) is 78.3 Å². The van der Waals surface area contributed by atoms with E-state index in [0.29, 0.717) is 5.92 Å². The smallest absolute Gasteiger partial charge is 0.119 e. The van der Waals surface area contributed by atoms with Crippen molar-refractivity contribution in [3.8, 4) is 16.9 Å². The fraction of sp³-hybridized carbons (Fsp3) is 0.400. The molecule has 0 bridgehead atoms. The van der Waals surface area contributed by atoms with Gasteiger partial charge in [0.05, 0.1) is 6.61 Å². The summed E-state index contributed by atoms with van der Waals surface area (Å²) in [6.45, 7) is 5.32. The first kappa shape index (κ1) is 17.1. The van der Waals surface area contributed by atoms with Gasteiger partial charge < -0.3 is 4.74 Å². The van der Waals surface area contributed by atoms with Crippen molar-refractivity contribution >= 4 is 15.9 Å². The SMILES string of the molecule is CCCCC(CC)COc1ccc(-c2ccc(Br)cc2)cc1. The zero-order chi connectivity index (χ0) is 15.8. The minimum atomic E-state index is 0.672. The number of rotatable bonds is 8. The largest absolute Gasteiger partial charge is 0.493 e. The number of hydrogen-bond acceptors (Lipinski definition) is 1. The second-order valence-corrected chi connectivity index (χ2v) is 6.67. The Morgan fingerprint density at radius 1 is 0.909 bits per heavy atom. The molecule has 2 heteroatoms. The molecular weight excluding hydrogens is 336 g/mol. The molecule has 0 saturated heterocycles. The van der Waals surface area contributed by atoms with E-state index in [4.69, 9.17) is 4.74 Å². The van der Waals surface area contributed by atoms with Gasteiger partial charge in [-0.05, 0) is 47.7 Å². The van der Waals surface area contributed by atoms with Crippen molar-refractivity contribution < 1.29 is 4.74 Å². The summed E-state index contributed by atoms with van der Waals surface area (Å²) in [6, 6.07) is 16.8. The molecule has 0 aliphatic rings. The molecule has 0 aliphatic carbocycles. The quantitative estimate of drug-likeness (QED) is 0.508. The van der Waals surface area contributed by atoms with Gasteiger partial charge in [-0.15, -0.1) is 0 Å². The lowest BCUT2D eigenvalue weighted by atomic mass is 10.0. The van der Waals surface area contributed by atoms with Crippen molar-refractivity contribution in [1.29, 1.82) is 0 Å². The Labute approximate surface area is 142 Å². The molecule has 0 saturated carbocycles. The molecule has 0 aromatic heterocycles. The fourth-order valence-electron chi connectivity index (χ4n) is 2.50.